The molecule has 1 heterocycles. The van der Waals surface area contributed by atoms with E-state index in [4.69, 9.17) is 11.6 Å². The van der Waals surface area contributed by atoms with Crippen molar-refractivity contribution in [2.45, 2.75) is 45.1 Å². The van der Waals surface area contributed by atoms with Gasteiger partial charge in [0.25, 0.3) is 5.91 Å². The number of aryl methyl sites for hydroxylation is 1. The molecule has 0 bridgehead atoms. The Hall–Kier alpha value is -1.13. The summed E-state index contributed by atoms with van der Waals surface area (Å²) in [5.74, 6) is -0.122. The summed E-state index contributed by atoms with van der Waals surface area (Å²) in [5, 5.41) is 9.67. The Morgan fingerprint density at radius 1 is 1.45 bits per heavy atom. The fraction of sp³-hybridized carbons (Fsp3) is 0.600. The zero-order chi connectivity index (χ0) is 14.5. The molecule has 110 valence electrons. The van der Waals surface area contributed by atoms with Gasteiger partial charge in [-0.2, -0.15) is 0 Å². The van der Waals surface area contributed by atoms with Gasteiger partial charge in [-0.05, 0) is 25.8 Å². The molecule has 0 radical (unpaired) electrons. The van der Waals surface area contributed by atoms with Gasteiger partial charge in [-0.3, -0.25) is 9.78 Å². The Morgan fingerprint density at radius 3 is 2.75 bits per heavy atom. The van der Waals surface area contributed by atoms with E-state index in [-0.39, 0.29) is 18.6 Å². The molecule has 4 nitrogen and oxygen atoms in total. The van der Waals surface area contributed by atoms with Crippen molar-refractivity contribution < 1.29 is 9.90 Å². The Kier molecular flexibility index (Phi) is 5.38. The highest BCUT2D eigenvalue weighted by Crippen LogP contribution is 2.25. The van der Waals surface area contributed by atoms with Crippen molar-refractivity contribution in [2.75, 3.05) is 13.2 Å². The van der Waals surface area contributed by atoms with E-state index in [2.05, 4.69) is 4.98 Å². The minimum atomic E-state index is -0.122. The Labute approximate surface area is 124 Å². The first-order valence-corrected chi connectivity index (χ1v) is 7.55. The molecule has 1 aromatic rings. The highest BCUT2D eigenvalue weighted by Gasteiger charge is 2.27. The first-order chi connectivity index (χ1) is 9.63. The van der Waals surface area contributed by atoms with Crippen LogP contribution in [0.5, 0.6) is 0 Å². The van der Waals surface area contributed by atoms with E-state index in [0.717, 1.165) is 31.4 Å². The topological polar surface area (TPSA) is 53.4 Å². The van der Waals surface area contributed by atoms with Crippen molar-refractivity contribution in [2.24, 2.45) is 0 Å². The zero-order valence-corrected chi connectivity index (χ0v) is 12.6. The fourth-order valence-corrected chi connectivity index (χ4v) is 3.08. The van der Waals surface area contributed by atoms with Crippen molar-refractivity contribution >= 4 is 17.5 Å². The number of rotatable bonds is 4. The molecule has 20 heavy (non-hydrogen) atoms. The van der Waals surface area contributed by atoms with Gasteiger partial charge in [0.1, 0.15) is 0 Å². The number of hydrogen-bond acceptors (Lipinski definition) is 3. The van der Waals surface area contributed by atoms with Crippen molar-refractivity contribution in [3.8, 4) is 0 Å². The number of hydrogen-bond donors (Lipinski definition) is 1. The molecular weight excluding hydrogens is 276 g/mol. The summed E-state index contributed by atoms with van der Waals surface area (Å²) in [7, 11) is 0. The van der Waals surface area contributed by atoms with Gasteiger partial charge < -0.3 is 10.0 Å². The van der Waals surface area contributed by atoms with E-state index < -0.39 is 0 Å². The van der Waals surface area contributed by atoms with Crippen LogP contribution in [0.15, 0.2) is 12.3 Å². The Bertz CT molecular complexity index is 473. The van der Waals surface area contributed by atoms with Crippen LogP contribution in [0.4, 0.5) is 0 Å². The van der Waals surface area contributed by atoms with Crippen LogP contribution in [0.1, 0.15) is 48.2 Å². The van der Waals surface area contributed by atoms with Gasteiger partial charge in [0.2, 0.25) is 0 Å². The second-order valence-electron chi connectivity index (χ2n) is 5.32. The third-order valence-electron chi connectivity index (χ3n) is 3.84. The zero-order valence-electron chi connectivity index (χ0n) is 11.8. The lowest BCUT2D eigenvalue weighted by molar-refractivity contribution is 0.0585. The van der Waals surface area contributed by atoms with E-state index in [0.29, 0.717) is 17.1 Å². The Morgan fingerprint density at radius 2 is 2.15 bits per heavy atom. The van der Waals surface area contributed by atoms with Gasteiger partial charge in [0.05, 0.1) is 17.2 Å². The van der Waals surface area contributed by atoms with Crippen LogP contribution in [0.3, 0.4) is 0 Å². The molecule has 1 aromatic heterocycles. The van der Waals surface area contributed by atoms with Crippen LogP contribution in [0.25, 0.3) is 0 Å². The molecule has 1 aliphatic rings. The second kappa shape index (κ2) is 7.04. The van der Waals surface area contributed by atoms with Gasteiger partial charge in [0, 0.05) is 24.5 Å². The van der Waals surface area contributed by atoms with Gasteiger partial charge in [0.15, 0.2) is 0 Å². The van der Waals surface area contributed by atoms with Crippen LogP contribution in [0.2, 0.25) is 5.02 Å². The van der Waals surface area contributed by atoms with Gasteiger partial charge in [-0.25, -0.2) is 0 Å². The maximum absolute atomic E-state index is 12.7. The molecule has 1 amide bonds. The van der Waals surface area contributed by atoms with Gasteiger partial charge >= 0.3 is 0 Å². The minimum Gasteiger partial charge on any atom is -0.395 e. The molecule has 1 saturated carbocycles. The molecule has 0 unspecified atom stereocenters. The molecule has 2 rings (SSSR count). The number of nitrogens with zero attached hydrogens (tertiary/aromatic N) is 2. The molecule has 5 heteroatoms. The van der Waals surface area contributed by atoms with Gasteiger partial charge in [-0.1, -0.05) is 30.9 Å². The number of carbonyl (C=O) groups is 1. The van der Waals surface area contributed by atoms with Crippen LogP contribution < -0.4 is 0 Å². The summed E-state index contributed by atoms with van der Waals surface area (Å²) < 4.78 is 0. The molecule has 0 aliphatic heterocycles. The maximum atomic E-state index is 12.7. The number of halogens is 1. The average Bonchev–Trinajstić information content (AvgIpc) is 2.45. The smallest absolute Gasteiger partial charge is 0.257 e. The Balaban J connectivity index is 2.21. The SMILES string of the molecule is Cc1cc(Cl)c(C(=O)N(CCO)C2CCCCC2)cn1. The number of aliphatic hydroxyl groups is 1. The van der Waals surface area contributed by atoms with Crippen molar-refractivity contribution in [3.63, 3.8) is 0 Å². The van der Waals surface area contributed by atoms with Crippen molar-refractivity contribution in [1.29, 1.82) is 0 Å². The summed E-state index contributed by atoms with van der Waals surface area (Å²) in [4.78, 5) is 18.6. The molecule has 0 atom stereocenters. The molecule has 1 aliphatic carbocycles. The van der Waals surface area contributed by atoms with E-state index >= 15 is 0 Å². The average molecular weight is 297 g/mol. The lowest BCUT2D eigenvalue weighted by Crippen LogP contribution is -2.43. The van der Waals surface area contributed by atoms with Crippen molar-refractivity contribution in [1.82, 2.24) is 9.88 Å². The normalized spacial score (nSPS) is 16.1. The highest BCUT2D eigenvalue weighted by atomic mass is 35.5. The quantitative estimate of drug-likeness (QED) is 0.929. The highest BCUT2D eigenvalue weighted by molar-refractivity contribution is 6.33. The maximum Gasteiger partial charge on any atom is 0.257 e. The predicted molar refractivity (Wildman–Crippen MR) is 79.0 cm³/mol. The summed E-state index contributed by atoms with van der Waals surface area (Å²) in [5.41, 5.74) is 1.22. The summed E-state index contributed by atoms with van der Waals surface area (Å²) >= 11 is 6.16. The molecule has 0 aromatic carbocycles. The van der Waals surface area contributed by atoms with E-state index in [1.165, 1.54) is 12.6 Å². The summed E-state index contributed by atoms with van der Waals surface area (Å²) in [6.07, 6.45) is 7.04. The van der Waals surface area contributed by atoms with Crippen LogP contribution in [-0.2, 0) is 0 Å². The van der Waals surface area contributed by atoms with E-state index in [1.54, 1.807) is 11.0 Å². The van der Waals surface area contributed by atoms with E-state index in [9.17, 15) is 9.90 Å². The fourth-order valence-electron chi connectivity index (χ4n) is 2.79. The standard InChI is InChI=1S/C15H21ClN2O2/c1-11-9-14(16)13(10-17-11)15(20)18(7-8-19)12-5-3-2-4-6-12/h9-10,12,19H,2-8H2,1H3. The molecule has 1 fully saturated rings. The van der Waals surface area contributed by atoms with Crippen LogP contribution >= 0.6 is 11.6 Å². The van der Waals surface area contributed by atoms with E-state index in [1.807, 2.05) is 6.92 Å². The number of pyridine rings is 1. The number of aromatic nitrogens is 1. The third kappa shape index (κ3) is 3.49. The molecule has 0 saturated heterocycles. The monoisotopic (exact) mass is 296 g/mol. The largest absolute Gasteiger partial charge is 0.395 e. The van der Waals surface area contributed by atoms with Crippen molar-refractivity contribution in [3.05, 3.63) is 28.5 Å². The molecule has 1 N–H and O–H groups in total. The third-order valence-corrected chi connectivity index (χ3v) is 4.15. The lowest BCUT2D eigenvalue weighted by Gasteiger charge is -2.34. The lowest BCUT2D eigenvalue weighted by atomic mass is 9.93. The van der Waals surface area contributed by atoms with Crippen LogP contribution in [0, 0.1) is 6.92 Å². The minimum absolute atomic E-state index is 0.0286. The molecular formula is C15H21ClN2O2. The summed E-state index contributed by atoms with van der Waals surface area (Å²) in [6, 6.07) is 1.91. The second-order valence-corrected chi connectivity index (χ2v) is 5.73. The summed E-state index contributed by atoms with van der Waals surface area (Å²) in [6.45, 7) is 2.17. The number of carbonyl (C=O) groups excluding carboxylic acids is 1. The van der Waals surface area contributed by atoms with Gasteiger partial charge in [-0.15, -0.1) is 0 Å². The van der Waals surface area contributed by atoms with Crippen LogP contribution in [-0.4, -0.2) is 40.1 Å². The first-order valence-electron chi connectivity index (χ1n) is 7.17. The predicted octanol–water partition coefficient (Wildman–Crippen LogP) is 2.81. The molecule has 0 spiro atoms. The number of amides is 1. The first kappa shape index (κ1) is 15.3. The number of aliphatic hydroxyl groups excluding tert-OH is 1.